The van der Waals surface area contributed by atoms with Crippen molar-refractivity contribution in [1.29, 1.82) is 0 Å². The molecular weight excluding hydrogens is 364 g/mol. The van der Waals surface area contributed by atoms with Gasteiger partial charge in [0.05, 0.1) is 12.7 Å². The number of methoxy groups -OCH3 is 1. The highest BCUT2D eigenvalue weighted by molar-refractivity contribution is 6.30. The molecule has 0 saturated heterocycles. The highest BCUT2D eigenvalue weighted by Gasteiger charge is 2.24. The van der Waals surface area contributed by atoms with Gasteiger partial charge >= 0.3 is 0 Å². The highest BCUT2D eigenvalue weighted by Crippen LogP contribution is 2.41. The topological polar surface area (TPSA) is 59.7 Å². The van der Waals surface area contributed by atoms with Crippen LogP contribution in [0.4, 0.5) is 0 Å². The van der Waals surface area contributed by atoms with Crippen molar-refractivity contribution in [3.8, 4) is 22.6 Å². The second-order valence-corrected chi connectivity index (χ2v) is 7.59. The summed E-state index contributed by atoms with van der Waals surface area (Å²) in [5.74, 6) is 0.990. The molecule has 0 fully saturated rings. The Hall–Kier alpha value is -2.46. The molecule has 5 heteroatoms. The third-order valence-corrected chi connectivity index (χ3v) is 5.01. The van der Waals surface area contributed by atoms with E-state index in [1.165, 1.54) is 7.11 Å². The number of aryl methyl sites for hydroxylation is 1. The smallest absolute Gasteiger partial charge is 0.204 e. The van der Waals surface area contributed by atoms with E-state index >= 15 is 0 Å². The van der Waals surface area contributed by atoms with Crippen molar-refractivity contribution in [3.05, 3.63) is 56.4 Å². The maximum atomic E-state index is 13.4. The Morgan fingerprint density at radius 2 is 1.81 bits per heavy atom. The lowest BCUT2D eigenvalue weighted by Crippen LogP contribution is -2.11. The van der Waals surface area contributed by atoms with Crippen LogP contribution in [-0.4, -0.2) is 12.2 Å². The number of hydrogen-bond donors (Lipinski definition) is 1. The van der Waals surface area contributed by atoms with Crippen molar-refractivity contribution < 1.29 is 14.3 Å². The van der Waals surface area contributed by atoms with Gasteiger partial charge in [0.25, 0.3) is 0 Å². The Balaban J connectivity index is 2.45. The molecular formula is C22H23ClO4. The molecule has 2 aromatic carbocycles. The van der Waals surface area contributed by atoms with Crippen LogP contribution in [0.15, 0.2) is 33.5 Å². The molecule has 3 aromatic rings. The second kappa shape index (κ2) is 7.28. The molecule has 27 heavy (non-hydrogen) atoms. The third-order valence-electron chi connectivity index (χ3n) is 4.76. The molecule has 1 heterocycles. The molecule has 1 aromatic heterocycles. The summed E-state index contributed by atoms with van der Waals surface area (Å²) in [6.45, 7) is 7.83. The van der Waals surface area contributed by atoms with E-state index in [-0.39, 0.29) is 16.6 Å². The Morgan fingerprint density at radius 3 is 2.37 bits per heavy atom. The molecule has 0 unspecified atom stereocenters. The molecule has 4 nitrogen and oxygen atoms in total. The lowest BCUT2D eigenvalue weighted by Gasteiger charge is -2.18. The number of halogens is 1. The maximum Gasteiger partial charge on any atom is 0.204 e. The van der Waals surface area contributed by atoms with E-state index in [9.17, 15) is 9.90 Å². The summed E-state index contributed by atoms with van der Waals surface area (Å²) in [6, 6.07) is 6.98. The third kappa shape index (κ3) is 3.30. The minimum atomic E-state index is -0.281. The number of rotatable bonds is 4. The first-order valence-electron chi connectivity index (χ1n) is 8.88. The number of ether oxygens (including phenoxy) is 1. The number of hydrogen-bond acceptors (Lipinski definition) is 4. The van der Waals surface area contributed by atoms with Gasteiger partial charge in [-0.3, -0.25) is 4.79 Å². The molecule has 0 aliphatic rings. The van der Waals surface area contributed by atoms with Gasteiger partial charge in [-0.15, -0.1) is 0 Å². The van der Waals surface area contributed by atoms with E-state index in [4.69, 9.17) is 20.8 Å². The van der Waals surface area contributed by atoms with Gasteiger partial charge in [-0.1, -0.05) is 37.6 Å². The fourth-order valence-electron chi connectivity index (χ4n) is 3.52. The van der Waals surface area contributed by atoms with Gasteiger partial charge in [0.2, 0.25) is 5.43 Å². The molecule has 3 rings (SSSR count). The zero-order chi connectivity index (χ0) is 19.9. The quantitative estimate of drug-likeness (QED) is 0.630. The molecule has 0 amide bonds. The summed E-state index contributed by atoms with van der Waals surface area (Å²) in [5, 5.41) is 11.5. The first-order valence-corrected chi connectivity index (χ1v) is 9.25. The number of fused-ring (bicyclic) bond motifs is 1. The van der Waals surface area contributed by atoms with E-state index in [1.54, 1.807) is 31.2 Å². The summed E-state index contributed by atoms with van der Waals surface area (Å²) in [6.07, 6.45) is 0.710. The van der Waals surface area contributed by atoms with Crippen LogP contribution in [0.1, 0.15) is 30.7 Å². The van der Waals surface area contributed by atoms with Crippen LogP contribution in [0.25, 0.3) is 22.1 Å². The summed E-state index contributed by atoms with van der Waals surface area (Å²) in [7, 11) is 1.49. The molecule has 0 aliphatic carbocycles. The monoisotopic (exact) mass is 386 g/mol. The first-order chi connectivity index (χ1) is 12.8. The van der Waals surface area contributed by atoms with Crippen LogP contribution < -0.4 is 10.2 Å². The van der Waals surface area contributed by atoms with E-state index in [0.717, 1.165) is 11.1 Å². The van der Waals surface area contributed by atoms with Gasteiger partial charge in [0.1, 0.15) is 16.7 Å². The molecule has 0 atom stereocenters. The minimum Gasteiger partial charge on any atom is -0.504 e. The van der Waals surface area contributed by atoms with Crippen LogP contribution >= 0.6 is 11.6 Å². The Labute approximate surface area is 163 Å². The summed E-state index contributed by atoms with van der Waals surface area (Å²) >= 11 is 5.97. The van der Waals surface area contributed by atoms with Gasteiger partial charge in [0, 0.05) is 16.1 Å². The van der Waals surface area contributed by atoms with Gasteiger partial charge in [-0.2, -0.15) is 0 Å². The fraction of sp³-hybridized carbons (Fsp3) is 0.318. The van der Waals surface area contributed by atoms with Gasteiger partial charge in [0.15, 0.2) is 11.5 Å². The number of phenolic OH excluding ortho intramolecular Hbond substituents is 1. The fourth-order valence-corrected chi connectivity index (χ4v) is 3.65. The van der Waals surface area contributed by atoms with E-state index < -0.39 is 0 Å². The molecule has 1 N–H and O–H groups in total. The molecule has 0 aliphatic heterocycles. The Bertz CT molecular complexity index is 1060. The molecule has 0 saturated carbocycles. The predicted molar refractivity (Wildman–Crippen MR) is 109 cm³/mol. The molecule has 0 spiro atoms. The van der Waals surface area contributed by atoms with Crippen LogP contribution in [0, 0.1) is 19.8 Å². The normalized spacial score (nSPS) is 11.4. The molecule has 142 valence electrons. The number of aromatic hydroxyl groups is 1. The summed E-state index contributed by atoms with van der Waals surface area (Å²) < 4.78 is 11.5. The average molecular weight is 387 g/mol. The predicted octanol–water partition coefficient (Wildman–Crippen LogP) is 5.64. The largest absolute Gasteiger partial charge is 0.504 e. The zero-order valence-corrected chi connectivity index (χ0v) is 16.9. The van der Waals surface area contributed by atoms with Gasteiger partial charge in [-0.25, -0.2) is 0 Å². The number of phenols is 1. The molecule has 0 radical (unpaired) electrons. The SMILES string of the molecule is COc1c(C)c(CC(C)C)c2oc(C)c(-c3ccc(Cl)cc3)c(=O)c2c1O. The summed E-state index contributed by atoms with van der Waals surface area (Å²) in [5.41, 5.74) is 2.93. The van der Waals surface area contributed by atoms with E-state index in [0.29, 0.717) is 45.6 Å². The second-order valence-electron chi connectivity index (χ2n) is 7.16. The Morgan fingerprint density at radius 1 is 1.19 bits per heavy atom. The van der Waals surface area contributed by atoms with Gasteiger partial charge < -0.3 is 14.3 Å². The van der Waals surface area contributed by atoms with Crippen molar-refractivity contribution in [3.63, 3.8) is 0 Å². The lowest BCUT2D eigenvalue weighted by atomic mass is 9.93. The zero-order valence-electron chi connectivity index (χ0n) is 16.1. The number of benzene rings is 2. The first kappa shape index (κ1) is 19.3. The van der Waals surface area contributed by atoms with E-state index in [2.05, 4.69) is 13.8 Å². The van der Waals surface area contributed by atoms with Crippen LogP contribution in [0.3, 0.4) is 0 Å². The van der Waals surface area contributed by atoms with Crippen molar-refractivity contribution in [2.75, 3.05) is 7.11 Å². The lowest BCUT2D eigenvalue weighted by molar-refractivity contribution is 0.372. The minimum absolute atomic E-state index is 0.156. The average Bonchev–Trinajstić information content (AvgIpc) is 2.60. The van der Waals surface area contributed by atoms with Crippen molar-refractivity contribution >= 4 is 22.6 Å². The summed E-state index contributed by atoms with van der Waals surface area (Å²) in [4.78, 5) is 13.4. The van der Waals surface area contributed by atoms with E-state index in [1.807, 2.05) is 6.92 Å². The van der Waals surface area contributed by atoms with Crippen LogP contribution in [-0.2, 0) is 6.42 Å². The van der Waals surface area contributed by atoms with Gasteiger partial charge in [-0.05, 0) is 43.9 Å². The maximum absolute atomic E-state index is 13.4. The van der Waals surface area contributed by atoms with Crippen molar-refractivity contribution in [2.45, 2.75) is 34.1 Å². The molecule has 0 bridgehead atoms. The van der Waals surface area contributed by atoms with Crippen molar-refractivity contribution in [2.24, 2.45) is 5.92 Å². The standard InChI is InChI=1S/C22H23ClO4/c1-11(2)10-16-12(3)21(26-5)20(25)18-19(24)17(13(4)27-22(16)18)14-6-8-15(23)9-7-14/h6-9,11,25H,10H2,1-5H3. The van der Waals surface area contributed by atoms with Crippen molar-refractivity contribution in [1.82, 2.24) is 0 Å². The van der Waals surface area contributed by atoms with Crippen LogP contribution in [0.2, 0.25) is 5.02 Å². The highest BCUT2D eigenvalue weighted by atomic mass is 35.5. The van der Waals surface area contributed by atoms with Crippen LogP contribution in [0.5, 0.6) is 11.5 Å². The Kier molecular flexibility index (Phi) is 5.20.